The van der Waals surface area contributed by atoms with Crippen LogP contribution in [-0.2, 0) is 24.1 Å². The van der Waals surface area contributed by atoms with Gasteiger partial charge in [-0.3, -0.25) is 4.79 Å². The van der Waals surface area contributed by atoms with Gasteiger partial charge in [0.1, 0.15) is 0 Å². The maximum absolute atomic E-state index is 12.3. The summed E-state index contributed by atoms with van der Waals surface area (Å²) in [5.41, 5.74) is 10.1. The first-order valence-corrected chi connectivity index (χ1v) is 8.07. The zero-order valence-electron chi connectivity index (χ0n) is 13.6. The van der Waals surface area contributed by atoms with Crippen LogP contribution in [0, 0.1) is 5.92 Å². The number of benzene rings is 1. The van der Waals surface area contributed by atoms with Gasteiger partial charge >= 0.3 is 0 Å². The predicted molar refractivity (Wildman–Crippen MR) is 87.2 cm³/mol. The molecular weight excluding hydrogens is 260 g/mol. The van der Waals surface area contributed by atoms with Crippen LogP contribution in [0.1, 0.15) is 43.4 Å². The van der Waals surface area contributed by atoms with Crippen LogP contribution in [0.2, 0.25) is 0 Å². The third-order valence-corrected chi connectivity index (χ3v) is 4.60. The Morgan fingerprint density at radius 1 is 1.29 bits per heavy atom. The van der Waals surface area contributed by atoms with Gasteiger partial charge in [-0.05, 0) is 48.3 Å². The highest BCUT2D eigenvalue weighted by atomic mass is 16.2. The molecule has 1 aromatic carbocycles. The number of amides is 1. The van der Waals surface area contributed by atoms with Crippen molar-refractivity contribution < 1.29 is 4.79 Å². The van der Waals surface area contributed by atoms with Gasteiger partial charge < -0.3 is 10.6 Å². The number of rotatable bonds is 6. The van der Waals surface area contributed by atoms with Crippen LogP contribution in [-0.4, -0.2) is 30.4 Å². The number of nitrogens with zero attached hydrogens (tertiary/aromatic N) is 1. The molecule has 1 aromatic rings. The van der Waals surface area contributed by atoms with E-state index in [4.69, 9.17) is 5.73 Å². The quantitative estimate of drug-likeness (QED) is 0.874. The Morgan fingerprint density at radius 3 is 2.71 bits per heavy atom. The number of aryl methyl sites for hydroxylation is 2. The van der Waals surface area contributed by atoms with Gasteiger partial charge in [0.15, 0.2) is 0 Å². The molecule has 1 atom stereocenters. The summed E-state index contributed by atoms with van der Waals surface area (Å²) in [7, 11) is 1.88. The fraction of sp³-hybridized carbons (Fsp3) is 0.611. The number of hydrogen-bond acceptors (Lipinski definition) is 2. The highest BCUT2D eigenvalue weighted by Crippen LogP contribution is 2.23. The molecule has 1 aliphatic rings. The minimum absolute atomic E-state index is 0.167. The third-order valence-electron chi connectivity index (χ3n) is 4.60. The van der Waals surface area contributed by atoms with E-state index in [0.29, 0.717) is 12.3 Å². The van der Waals surface area contributed by atoms with E-state index in [9.17, 15) is 4.79 Å². The molecule has 0 saturated heterocycles. The zero-order chi connectivity index (χ0) is 15.4. The summed E-state index contributed by atoms with van der Waals surface area (Å²) in [6.45, 7) is 4.98. The lowest BCUT2D eigenvalue weighted by atomic mass is 10.0. The molecule has 3 heteroatoms. The topological polar surface area (TPSA) is 46.3 Å². The molecule has 1 amide bonds. The van der Waals surface area contributed by atoms with Crippen molar-refractivity contribution in [3.05, 3.63) is 34.9 Å². The van der Waals surface area contributed by atoms with Crippen molar-refractivity contribution in [1.29, 1.82) is 0 Å². The highest BCUT2D eigenvalue weighted by Gasteiger charge is 2.15. The number of carbonyl (C=O) groups is 1. The van der Waals surface area contributed by atoms with E-state index in [1.807, 2.05) is 11.9 Å². The largest absolute Gasteiger partial charge is 0.345 e. The Kier molecular flexibility index (Phi) is 5.40. The second-order valence-corrected chi connectivity index (χ2v) is 6.65. The number of fused-ring (bicyclic) bond motifs is 1. The predicted octanol–water partition coefficient (Wildman–Crippen LogP) is 2.55. The van der Waals surface area contributed by atoms with Crippen LogP contribution < -0.4 is 5.73 Å². The first-order chi connectivity index (χ1) is 9.97. The average Bonchev–Trinajstić information content (AvgIpc) is 2.91. The van der Waals surface area contributed by atoms with Gasteiger partial charge in [0.05, 0.1) is 6.42 Å². The molecule has 0 radical (unpaired) electrons. The van der Waals surface area contributed by atoms with Crippen molar-refractivity contribution in [1.82, 2.24) is 4.90 Å². The molecule has 0 spiro atoms. The minimum Gasteiger partial charge on any atom is -0.345 e. The van der Waals surface area contributed by atoms with Crippen LogP contribution in [0.5, 0.6) is 0 Å². The smallest absolute Gasteiger partial charge is 0.226 e. The van der Waals surface area contributed by atoms with E-state index >= 15 is 0 Å². The molecule has 2 N–H and O–H groups in total. The molecule has 21 heavy (non-hydrogen) atoms. The van der Waals surface area contributed by atoms with Crippen molar-refractivity contribution in [3.63, 3.8) is 0 Å². The van der Waals surface area contributed by atoms with Crippen molar-refractivity contribution >= 4 is 5.91 Å². The summed E-state index contributed by atoms with van der Waals surface area (Å²) in [5, 5.41) is 0. The lowest BCUT2D eigenvalue weighted by molar-refractivity contribution is -0.129. The molecular formula is C18H28N2O. The maximum atomic E-state index is 12.3. The van der Waals surface area contributed by atoms with Crippen LogP contribution >= 0.6 is 0 Å². The van der Waals surface area contributed by atoms with Crippen molar-refractivity contribution in [3.8, 4) is 0 Å². The Labute approximate surface area is 128 Å². The Hall–Kier alpha value is -1.35. The molecule has 1 unspecified atom stereocenters. The van der Waals surface area contributed by atoms with Crippen LogP contribution in [0.4, 0.5) is 0 Å². The summed E-state index contributed by atoms with van der Waals surface area (Å²) in [4.78, 5) is 14.1. The molecule has 3 nitrogen and oxygen atoms in total. The number of nitrogens with two attached hydrogens (primary N) is 1. The van der Waals surface area contributed by atoms with Gasteiger partial charge in [0.25, 0.3) is 0 Å². The summed E-state index contributed by atoms with van der Waals surface area (Å²) >= 11 is 0. The third kappa shape index (κ3) is 4.31. The van der Waals surface area contributed by atoms with Crippen molar-refractivity contribution in [2.45, 2.75) is 52.0 Å². The fourth-order valence-corrected chi connectivity index (χ4v) is 2.85. The molecule has 0 aromatic heterocycles. The molecule has 2 rings (SSSR count). The second kappa shape index (κ2) is 7.08. The van der Waals surface area contributed by atoms with Gasteiger partial charge in [-0.1, -0.05) is 32.0 Å². The molecule has 1 aliphatic carbocycles. The molecule has 0 aliphatic heterocycles. The van der Waals surface area contributed by atoms with Crippen molar-refractivity contribution in [2.24, 2.45) is 11.7 Å². The minimum atomic E-state index is 0.167. The second-order valence-electron chi connectivity index (χ2n) is 6.65. The first-order valence-electron chi connectivity index (χ1n) is 8.07. The first kappa shape index (κ1) is 16.0. The Morgan fingerprint density at radius 2 is 2.00 bits per heavy atom. The van der Waals surface area contributed by atoms with E-state index in [1.54, 1.807) is 0 Å². The molecule has 116 valence electrons. The van der Waals surface area contributed by atoms with Gasteiger partial charge in [0, 0.05) is 19.6 Å². The highest BCUT2D eigenvalue weighted by molar-refractivity contribution is 5.78. The Balaban J connectivity index is 1.86. The van der Waals surface area contributed by atoms with E-state index in [0.717, 1.165) is 24.9 Å². The number of hydrogen-bond donors (Lipinski definition) is 1. The van der Waals surface area contributed by atoms with Crippen LogP contribution in [0.15, 0.2) is 18.2 Å². The zero-order valence-corrected chi connectivity index (χ0v) is 13.6. The SMILES string of the molecule is CC(C)C(N)CCN(C)C(=O)Cc1ccc2c(c1)CCC2. The standard InChI is InChI=1S/C18H28N2O/c1-13(2)17(19)9-10-20(3)18(21)12-14-7-8-15-5-4-6-16(15)11-14/h7-8,11,13,17H,4-6,9-10,12,19H2,1-3H3. The summed E-state index contributed by atoms with van der Waals surface area (Å²) in [6.07, 6.45) is 4.97. The van der Waals surface area contributed by atoms with E-state index in [-0.39, 0.29) is 11.9 Å². The maximum Gasteiger partial charge on any atom is 0.226 e. The van der Waals surface area contributed by atoms with E-state index < -0.39 is 0 Å². The van der Waals surface area contributed by atoms with Crippen LogP contribution in [0.3, 0.4) is 0 Å². The lowest BCUT2D eigenvalue weighted by Crippen LogP contribution is -2.35. The molecule has 0 bridgehead atoms. The normalized spacial score (nSPS) is 15.1. The number of likely N-dealkylation sites (N-methyl/N-ethyl adjacent to an activating group) is 1. The molecule has 0 fully saturated rings. The van der Waals surface area contributed by atoms with Crippen LogP contribution in [0.25, 0.3) is 0 Å². The molecule has 0 saturated carbocycles. The summed E-state index contributed by atoms with van der Waals surface area (Å²) < 4.78 is 0. The van der Waals surface area contributed by atoms with Gasteiger partial charge in [0.2, 0.25) is 5.91 Å². The van der Waals surface area contributed by atoms with Gasteiger partial charge in [-0.2, -0.15) is 0 Å². The van der Waals surface area contributed by atoms with Crippen molar-refractivity contribution in [2.75, 3.05) is 13.6 Å². The van der Waals surface area contributed by atoms with Gasteiger partial charge in [-0.25, -0.2) is 0 Å². The number of carbonyl (C=O) groups excluding carboxylic acids is 1. The fourth-order valence-electron chi connectivity index (χ4n) is 2.85. The average molecular weight is 288 g/mol. The summed E-state index contributed by atoms with van der Waals surface area (Å²) in [6, 6.07) is 6.68. The van der Waals surface area contributed by atoms with Gasteiger partial charge in [-0.15, -0.1) is 0 Å². The summed E-state index contributed by atoms with van der Waals surface area (Å²) in [5.74, 6) is 0.647. The van der Waals surface area contributed by atoms with E-state index in [2.05, 4.69) is 32.0 Å². The Bertz CT molecular complexity index is 496. The molecule has 0 heterocycles. The van der Waals surface area contributed by atoms with E-state index in [1.165, 1.54) is 24.0 Å². The lowest BCUT2D eigenvalue weighted by Gasteiger charge is -2.21. The monoisotopic (exact) mass is 288 g/mol.